The Hall–Kier alpha value is -0.0400. The van der Waals surface area contributed by atoms with Gasteiger partial charge < -0.3 is 4.90 Å². The highest BCUT2D eigenvalue weighted by Crippen LogP contribution is 2.15. The van der Waals surface area contributed by atoms with E-state index >= 15 is 0 Å². The third kappa shape index (κ3) is 3.24. The zero-order valence-corrected chi connectivity index (χ0v) is 8.14. The van der Waals surface area contributed by atoms with Gasteiger partial charge in [0.15, 0.2) is 0 Å². The lowest BCUT2D eigenvalue weighted by atomic mass is 10.1. The smallest absolute Gasteiger partial charge is 0.000750 e. The molecule has 0 aromatic rings. The van der Waals surface area contributed by atoms with Gasteiger partial charge in [-0.05, 0) is 37.8 Å². The Kier molecular flexibility index (Phi) is 3.38. The lowest BCUT2D eigenvalue weighted by Gasteiger charge is -2.16. The minimum absolute atomic E-state index is 0.867. The van der Waals surface area contributed by atoms with E-state index in [1.165, 1.54) is 32.5 Å². The molecule has 0 saturated carbocycles. The van der Waals surface area contributed by atoms with Crippen LogP contribution in [0, 0.1) is 11.8 Å². The second-order valence-electron chi connectivity index (χ2n) is 4.38. The Bertz CT molecular complexity index is 109. The summed E-state index contributed by atoms with van der Waals surface area (Å²) in [5.41, 5.74) is 0. The van der Waals surface area contributed by atoms with E-state index in [2.05, 4.69) is 25.7 Å². The van der Waals surface area contributed by atoms with Crippen LogP contribution in [0.25, 0.3) is 0 Å². The van der Waals surface area contributed by atoms with Crippen molar-refractivity contribution in [3.8, 4) is 0 Å². The van der Waals surface area contributed by atoms with Crippen molar-refractivity contribution in [2.24, 2.45) is 11.8 Å². The Morgan fingerprint density at radius 2 is 2.18 bits per heavy atom. The fourth-order valence-corrected chi connectivity index (χ4v) is 1.67. The Morgan fingerprint density at radius 3 is 2.64 bits per heavy atom. The van der Waals surface area contributed by atoms with E-state index < -0.39 is 0 Å². The minimum atomic E-state index is 0.867. The summed E-state index contributed by atoms with van der Waals surface area (Å²) in [6.07, 6.45) is 2.78. The van der Waals surface area contributed by atoms with E-state index in [0.717, 1.165) is 11.8 Å². The van der Waals surface area contributed by atoms with Crippen LogP contribution in [-0.2, 0) is 0 Å². The zero-order chi connectivity index (χ0) is 8.27. The molecule has 0 aromatic heterocycles. The molecule has 11 heavy (non-hydrogen) atoms. The van der Waals surface area contributed by atoms with Gasteiger partial charge in [0.25, 0.3) is 0 Å². The van der Waals surface area contributed by atoms with Gasteiger partial charge in [0.1, 0.15) is 0 Å². The summed E-state index contributed by atoms with van der Waals surface area (Å²) in [6.45, 7) is 11.0. The monoisotopic (exact) mass is 155 g/mol. The van der Waals surface area contributed by atoms with E-state index in [1.807, 2.05) is 0 Å². The number of nitrogens with zero attached hydrogens (tertiary/aromatic N) is 1. The van der Waals surface area contributed by atoms with Crippen molar-refractivity contribution >= 4 is 0 Å². The fourth-order valence-electron chi connectivity index (χ4n) is 1.67. The summed E-state index contributed by atoms with van der Waals surface area (Å²) in [4.78, 5) is 2.60. The zero-order valence-electron chi connectivity index (χ0n) is 8.14. The number of hydrogen-bond donors (Lipinski definition) is 0. The molecule has 1 rings (SSSR count). The van der Waals surface area contributed by atoms with Crippen LogP contribution in [0.1, 0.15) is 33.6 Å². The first kappa shape index (κ1) is 9.05. The van der Waals surface area contributed by atoms with E-state index in [4.69, 9.17) is 0 Å². The first-order chi connectivity index (χ1) is 5.18. The van der Waals surface area contributed by atoms with Crippen LogP contribution in [0.15, 0.2) is 0 Å². The number of likely N-dealkylation sites (tertiary alicyclic amines) is 1. The molecule has 0 bridgehead atoms. The molecule has 0 radical (unpaired) electrons. The van der Waals surface area contributed by atoms with Gasteiger partial charge in [0.05, 0.1) is 0 Å². The standard InChI is InChI=1S/C10H21N/c1-9(2)4-6-11-7-5-10(3)8-11/h9-10H,4-8H2,1-3H3. The van der Waals surface area contributed by atoms with Crippen molar-refractivity contribution in [2.75, 3.05) is 19.6 Å². The molecule has 0 aliphatic carbocycles. The second kappa shape index (κ2) is 4.10. The van der Waals surface area contributed by atoms with Gasteiger partial charge in [-0.3, -0.25) is 0 Å². The Morgan fingerprint density at radius 1 is 1.45 bits per heavy atom. The predicted octanol–water partition coefficient (Wildman–Crippen LogP) is 2.37. The van der Waals surface area contributed by atoms with Crippen molar-refractivity contribution < 1.29 is 0 Å². The van der Waals surface area contributed by atoms with Crippen LogP contribution < -0.4 is 0 Å². The first-order valence-corrected chi connectivity index (χ1v) is 4.91. The van der Waals surface area contributed by atoms with Crippen LogP contribution >= 0.6 is 0 Å². The van der Waals surface area contributed by atoms with E-state index in [1.54, 1.807) is 0 Å². The molecule has 1 heteroatoms. The molecular formula is C10H21N. The molecule has 0 N–H and O–H groups in total. The summed E-state index contributed by atoms with van der Waals surface area (Å²) < 4.78 is 0. The van der Waals surface area contributed by atoms with Crippen LogP contribution in [0.4, 0.5) is 0 Å². The van der Waals surface area contributed by atoms with Gasteiger partial charge in [0, 0.05) is 6.54 Å². The van der Waals surface area contributed by atoms with Crippen molar-refractivity contribution in [3.63, 3.8) is 0 Å². The lowest BCUT2D eigenvalue weighted by molar-refractivity contribution is 0.305. The van der Waals surface area contributed by atoms with Crippen LogP contribution in [-0.4, -0.2) is 24.5 Å². The highest BCUT2D eigenvalue weighted by atomic mass is 15.1. The predicted molar refractivity (Wildman–Crippen MR) is 49.7 cm³/mol. The van der Waals surface area contributed by atoms with Crippen molar-refractivity contribution in [2.45, 2.75) is 33.6 Å². The first-order valence-electron chi connectivity index (χ1n) is 4.91. The van der Waals surface area contributed by atoms with E-state index in [-0.39, 0.29) is 0 Å². The van der Waals surface area contributed by atoms with Gasteiger partial charge in [-0.25, -0.2) is 0 Å². The van der Waals surface area contributed by atoms with Gasteiger partial charge in [-0.15, -0.1) is 0 Å². The Balaban J connectivity index is 2.08. The average molecular weight is 155 g/mol. The lowest BCUT2D eigenvalue weighted by Crippen LogP contribution is -2.22. The molecule has 1 aliphatic heterocycles. The minimum Gasteiger partial charge on any atom is -0.303 e. The summed E-state index contributed by atoms with van der Waals surface area (Å²) in [5.74, 6) is 1.81. The van der Waals surface area contributed by atoms with Crippen LogP contribution in [0.2, 0.25) is 0 Å². The molecule has 0 aromatic carbocycles. The average Bonchev–Trinajstić information content (AvgIpc) is 2.31. The largest absolute Gasteiger partial charge is 0.303 e. The molecular weight excluding hydrogens is 134 g/mol. The summed E-state index contributed by atoms with van der Waals surface area (Å²) in [5, 5.41) is 0. The van der Waals surface area contributed by atoms with Crippen molar-refractivity contribution in [1.29, 1.82) is 0 Å². The summed E-state index contributed by atoms with van der Waals surface area (Å²) in [6, 6.07) is 0. The summed E-state index contributed by atoms with van der Waals surface area (Å²) >= 11 is 0. The van der Waals surface area contributed by atoms with Crippen LogP contribution in [0.5, 0.6) is 0 Å². The van der Waals surface area contributed by atoms with Crippen molar-refractivity contribution in [1.82, 2.24) is 4.90 Å². The Labute approximate surface area is 70.8 Å². The molecule has 1 nitrogen and oxygen atoms in total. The van der Waals surface area contributed by atoms with Gasteiger partial charge in [-0.1, -0.05) is 20.8 Å². The molecule has 1 saturated heterocycles. The SMILES string of the molecule is CC(C)CCN1CCC(C)C1. The summed E-state index contributed by atoms with van der Waals surface area (Å²) in [7, 11) is 0. The molecule has 1 unspecified atom stereocenters. The fraction of sp³-hybridized carbons (Fsp3) is 1.00. The molecule has 1 atom stereocenters. The molecule has 0 spiro atoms. The van der Waals surface area contributed by atoms with E-state index in [0.29, 0.717) is 0 Å². The van der Waals surface area contributed by atoms with Crippen LogP contribution in [0.3, 0.4) is 0 Å². The number of hydrogen-bond acceptors (Lipinski definition) is 1. The highest BCUT2D eigenvalue weighted by molar-refractivity contribution is 4.72. The highest BCUT2D eigenvalue weighted by Gasteiger charge is 2.17. The topological polar surface area (TPSA) is 3.24 Å². The van der Waals surface area contributed by atoms with Crippen molar-refractivity contribution in [3.05, 3.63) is 0 Å². The van der Waals surface area contributed by atoms with Gasteiger partial charge >= 0.3 is 0 Å². The molecule has 66 valence electrons. The molecule has 1 heterocycles. The third-order valence-electron chi connectivity index (χ3n) is 2.53. The molecule has 1 fully saturated rings. The van der Waals surface area contributed by atoms with Gasteiger partial charge in [0.2, 0.25) is 0 Å². The second-order valence-corrected chi connectivity index (χ2v) is 4.38. The number of rotatable bonds is 3. The maximum absolute atomic E-state index is 2.60. The quantitative estimate of drug-likeness (QED) is 0.605. The molecule has 0 amide bonds. The maximum Gasteiger partial charge on any atom is 0.000750 e. The molecule has 1 aliphatic rings. The normalized spacial score (nSPS) is 26.7. The maximum atomic E-state index is 2.60. The van der Waals surface area contributed by atoms with E-state index in [9.17, 15) is 0 Å². The third-order valence-corrected chi connectivity index (χ3v) is 2.53. The van der Waals surface area contributed by atoms with Gasteiger partial charge in [-0.2, -0.15) is 0 Å².